The van der Waals surface area contributed by atoms with Crippen molar-refractivity contribution in [3.63, 3.8) is 0 Å². The van der Waals surface area contributed by atoms with Crippen LogP contribution < -0.4 is 5.32 Å². The SMILES string of the molecule is CCOC(=O)c1nc(-c2ccccc2Cl)n(-c2ccc(Cl)cc2)c1CNC(C)C. The Bertz CT molecular complexity index is 998. The number of rotatable bonds is 7. The Morgan fingerprint density at radius 2 is 1.83 bits per heavy atom. The van der Waals surface area contributed by atoms with Gasteiger partial charge in [-0.25, -0.2) is 9.78 Å². The standard InChI is InChI=1S/C22H23Cl2N3O2/c1-4-29-22(28)20-19(13-25-14(2)3)27(16-11-9-15(23)10-12-16)21(26-20)17-7-5-6-8-18(17)24/h5-12,14,25H,4,13H2,1-3H3. The number of nitrogens with zero attached hydrogens (tertiary/aromatic N) is 2. The molecule has 0 aliphatic carbocycles. The van der Waals surface area contributed by atoms with Crippen molar-refractivity contribution in [3.05, 3.63) is 70.0 Å². The van der Waals surface area contributed by atoms with E-state index in [9.17, 15) is 4.79 Å². The average Bonchev–Trinajstić information content (AvgIpc) is 3.07. The lowest BCUT2D eigenvalue weighted by Crippen LogP contribution is -2.25. The molecule has 0 saturated carbocycles. The lowest BCUT2D eigenvalue weighted by Gasteiger charge is -2.15. The average molecular weight is 432 g/mol. The van der Waals surface area contributed by atoms with Crippen LogP contribution in [0.25, 0.3) is 17.1 Å². The van der Waals surface area contributed by atoms with Crippen LogP contribution in [-0.4, -0.2) is 28.2 Å². The van der Waals surface area contributed by atoms with E-state index in [0.29, 0.717) is 28.1 Å². The van der Waals surface area contributed by atoms with Gasteiger partial charge in [-0.05, 0) is 43.3 Å². The first kappa shape index (κ1) is 21.4. The van der Waals surface area contributed by atoms with Crippen LogP contribution in [0.2, 0.25) is 10.0 Å². The third kappa shape index (κ3) is 4.81. The van der Waals surface area contributed by atoms with Gasteiger partial charge in [0.2, 0.25) is 0 Å². The molecule has 3 aromatic rings. The maximum absolute atomic E-state index is 12.7. The maximum Gasteiger partial charge on any atom is 0.358 e. The highest BCUT2D eigenvalue weighted by Crippen LogP contribution is 2.32. The fourth-order valence-corrected chi connectivity index (χ4v) is 3.32. The first-order valence-electron chi connectivity index (χ1n) is 9.45. The van der Waals surface area contributed by atoms with Gasteiger partial charge in [-0.1, -0.05) is 49.2 Å². The summed E-state index contributed by atoms with van der Waals surface area (Å²) >= 11 is 12.6. The van der Waals surface area contributed by atoms with Gasteiger partial charge in [0, 0.05) is 28.9 Å². The number of hydrogen-bond donors (Lipinski definition) is 1. The zero-order valence-electron chi connectivity index (χ0n) is 16.6. The molecule has 3 rings (SSSR count). The third-order valence-corrected chi connectivity index (χ3v) is 4.90. The van der Waals surface area contributed by atoms with E-state index in [0.717, 1.165) is 11.3 Å². The molecule has 29 heavy (non-hydrogen) atoms. The number of hydrogen-bond acceptors (Lipinski definition) is 4. The summed E-state index contributed by atoms with van der Waals surface area (Å²) in [7, 11) is 0. The molecule has 0 amide bonds. The lowest BCUT2D eigenvalue weighted by atomic mass is 10.2. The van der Waals surface area contributed by atoms with Crippen molar-refractivity contribution in [3.8, 4) is 17.1 Å². The van der Waals surface area contributed by atoms with E-state index in [1.807, 2.05) is 48.7 Å². The first-order valence-corrected chi connectivity index (χ1v) is 10.2. The van der Waals surface area contributed by atoms with Crippen molar-refractivity contribution in [1.82, 2.24) is 14.9 Å². The summed E-state index contributed by atoms with van der Waals surface area (Å²) in [5.41, 5.74) is 2.53. The van der Waals surface area contributed by atoms with E-state index >= 15 is 0 Å². The van der Waals surface area contributed by atoms with Crippen LogP contribution in [0.1, 0.15) is 37.0 Å². The Morgan fingerprint density at radius 3 is 2.45 bits per heavy atom. The Hall–Kier alpha value is -2.34. The molecule has 0 unspecified atom stereocenters. The van der Waals surface area contributed by atoms with Gasteiger partial charge in [0.15, 0.2) is 5.69 Å². The summed E-state index contributed by atoms with van der Waals surface area (Å²) in [6.07, 6.45) is 0. The van der Waals surface area contributed by atoms with E-state index in [4.69, 9.17) is 27.9 Å². The van der Waals surface area contributed by atoms with E-state index in [1.54, 1.807) is 25.1 Å². The molecule has 7 heteroatoms. The van der Waals surface area contributed by atoms with Crippen LogP contribution in [0, 0.1) is 0 Å². The molecule has 0 aliphatic rings. The van der Waals surface area contributed by atoms with Crippen molar-refractivity contribution >= 4 is 29.2 Å². The zero-order chi connectivity index (χ0) is 21.0. The Labute approximate surface area is 180 Å². The van der Waals surface area contributed by atoms with Crippen LogP contribution in [-0.2, 0) is 11.3 Å². The second-order valence-electron chi connectivity index (χ2n) is 6.78. The monoisotopic (exact) mass is 431 g/mol. The predicted octanol–water partition coefficient (Wildman–Crippen LogP) is 5.52. The summed E-state index contributed by atoms with van der Waals surface area (Å²) in [5, 5.41) is 4.55. The number of nitrogens with one attached hydrogen (secondary N) is 1. The third-order valence-electron chi connectivity index (χ3n) is 4.32. The fourth-order valence-electron chi connectivity index (χ4n) is 2.97. The Balaban J connectivity index is 2.28. The van der Waals surface area contributed by atoms with Crippen molar-refractivity contribution in [2.24, 2.45) is 0 Å². The molecule has 0 saturated heterocycles. The molecule has 0 aliphatic heterocycles. The molecule has 2 aromatic carbocycles. The number of carbonyl (C=O) groups excluding carboxylic acids is 1. The summed E-state index contributed by atoms with van der Waals surface area (Å²) in [6, 6.07) is 15.0. The van der Waals surface area contributed by atoms with Gasteiger partial charge in [-0.2, -0.15) is 0 Å². The largest absolute Gasteiger partial charge is 0.461 e. The van der Waals surface area contributed by atoms with Crippen molar-refractivity contribution in [2.45, 2.75) is 33.4 Å². The highest BCUT2D eigenvalue weighted by atomic mass is 35.5. The minimum absolute atomic E-state index is 0.224. The summed E-state index contributed by atoms with van der Waals surface area (Å²) in [5.74, 6) is 0.107. The molecule has 5 nitrogen and oxygen atoms in total. The minimum Gasteiger partial charge on any atom is -0.461 e. The van der Waals surface area contributed by atoms with E-state index in [2.05, 4.69) is 10.3 Å². The van der Waals surface area contributed by atoms with Crippen LogP contribution in [0.15, 0.2) is 48.5 Å². The van der Waals surface area contributed by atoms with Crippen LogP contribution in [0.5, 0.6) is 0 Å². The Morgan fingerprint density at radius 1 is 1.14 bits per heavy atom. The number of halogens is 2. The molecule has 1 heterocycles. The molecule has 0 radical (unpaired) electrons. The smallest absolute Gasteiger partial charge is 0.358 e. The highest BCUT2D eigenvalue weighted by Gasteiger charge is 2.26. The summed E-state index contributed by atoms with van der Waals surface area (Å²) < 4.78 is 7.20. The van der Waals surface area contributed by atoms with Crippen LogP contribution in [0.3, 0.4) is 0 Å². The molecule has 152 valence electrons. The molecule has 0 spiro atoms. The van der Waals surface area contributed by atoms with Crippen molar-refractivity contribution in [1.29, 1.82) is 0 Å². The molecular weight excluding hydrogens is 409 g/mol. The second-order valence-corrected chi connectivity index (χ2v) is 7.62. The lowest BCUT2D eigenvalue weighted by molar-refractivity contribution is 0.0518. The van der Waals surface area contributed by atoms with Gasteiger partial charge >= 0.3 is 5.97 Å². The molecular formula is C22H23Cl2N3O2. The number of esters is 1. The second kappa shape index (κ2) is 9.44. The topological polar surface area (TPSA) is 56.1 Å². The summed E-state index contributed by atoms with van der Waals surface area (Å²) in [4.78, 5) is 17.4. The zero-order valence-corrected chi connectivity index (χ0v) is 18.1. The number of benzene rings is 2. The van der Waals surface area contributed by atoms with Gasteiger partial charge in [0.25, 0.3) is 0 Å². The molecule has 0 fully saturated rings. The number of aromatic nitrogens is 2. The normalized spacial score (nSPS) is 11.1. The van der Waals surface area contributed by atoms with Gasteiger partial charge in [0.05, 0.1) is 17.3 Å². The van der Waals surface area contributed by atoms with Gasteiger partial charge in [-0.3, -0.25) is 4.57 Å². The number of ether oxygens (including phenoxy) is 1. The first-order chi connectivity index (χ1) is 13.9. The van der Waals surface area contributed by atoms with Crippen molar-refractivity contribution < 1.29 is 9.53 Å². The fraction of sp³-hybridized carbons (Fsp3) is 0.273. The number of carbonyl (C=O) groups is 1. The van der Waals surface area contributed by atoms with Crippen LogP contribution >= 0.6 is 23.2 Å². The van der Waals surface area contributed by atoms with E-state index in [1.165, 1.54) is 0 Å². The highest BCUT2D eigenvalue weighted by molar-refractivity contribution is 6.33. The van der Waals surface area contributed by atoms with Crippen molar-refractivity contribution in [2.75, 3.05) is 6.61 Å². The van der Waals surface area contributed by atoms with Gasteiger partial charge in [0.1, 0.15) is 5.82 Å². The van der Waals surface area contributed by atoms with E-state index < -0.39 is 5.97 Å². The van der Waals surface area contributed by atoms with Crippen LogP contribution in [0.4, 0.5) is 0 Å². The molecule has 0 bridgehead atoms. The summed E-state index contributed by atoms with van der Waals surface area (Å²) in [6.45, 7) is 6.57. The molecule has 1 N–H and O–H groups in total. The molecule has 1 aromatic heterocycles. The van der Waals surface area contributed by atoms with Gasteiger partial charge in [-0.15, -0.1) is 0 Å². The maximum atomic E-state index is 12.7. The Kier molecular flexibility index (Phi) is 6.96. The van der Waals surface area contributed by atoms with Gasteiger partial charge < -0.3 is 10.1 Å². The minimum atomic E-state index is -0.464. The quantitative estimate of drug-likeness (QED) is 0.500. The molecule has 0 atom stereocenters. The predicted molar refractivity (Wildman–Crippen MR) is 117 cm³/mol. The van der Waals surface area contributed by atoms with E-state index in [-0.39, 0.29) is 18.3 Å². The number of imidazole rings is 1.